The van der Waals surface area contributed by atoms with Crippen LogP contribution in [0, 0.1) is 11.8 Å². The average molecular weight is 383 g/mol. The van der Waals surface area contributed by atoms with Gasteiger partial charge in [0.2, 0.25) is 0 Å². The molecular formula is C25H25N3O. The van der Waals surface area contributed by atoms with E-state index in [1.165, 1.54) is 0 Å². The maximum Gasteiger partial charge on any atom is 0.316 e. The Balaban J connectivity index is 1.65. The van der Waals surface area contributed by atoms with Crippen molar-refractivity contribution in [2.75, 3.05) is 25.5 Å². The number of para-hydroxylation sites is 1. The molecule has 0 aliphatic heterocycles. The van der Waals surface area contributed by atoms with E-state index in [0.29, 0.717) is 0 Å². The predicted molar refractivity (Wildman–Crippen MR) is 119 cm³/mol. The Bertz CT molecular complexity index is 949. The van der Waals surface area contributed by atoms with Crippen molar-refractivity contribution in [3.63, 3.8) is 0 Å². The van der Waals surface area contributed by atoms with Crippen LogP contribution in [0.25, 0.3) is 0 Å². The van der Waals surface area contributed by atoms with Gasteiger partial charge in [0.1, 0.15) is 0 Å². The van der Waals surface area contributed by atoms with Gasteiger partial charge in [0.15, 0.2) is 0 Å². The third-order valence-corrected chi connectivity index (χ3v) is 4.49. The van der Waals surface area contributed by atoms with Gasteiger partial charge >= 0.3 is 6.03 Å². The molecule has 0 unspecified atom stereocenters. The van der Waals surface area contributed by atoms with E-state index in [-0.39, 0.29) is 18.6 Å². The van der Waals surface area contributed by atoms with Gasteiger partial charge in [-0.3, -0.25) is 0 Å². The molecule has 0 radical (unpaired) electrons. The fourth-order valence-electron chi connectivity index (χ4n) is 3.07. The zero-order valence-corrected chi connectivity index (χ0v) is 16.7. The van der Waals surface area contributed by atoms with Gasteiger partial charge in [-0.25, -0.2) is 4.79 Å². The number of rotatable bonds is 5. The number of hydrogen-bond acceptors (Lipinski definition) is 2. The fourth-order valence-corrected chi connectivity index (χ4v) is 3.07. The zero-order chi connectivity index (χ0) is 20.5. The Hall–Kier alpha value is -3.71. The molecule has 146 valence electrons. The first-order valence-electron chi connectivity index (χ1n) is 9.54. The monoisotopic (exact) mass is 383 g/mol. The predicted octanol–water partition coefficient (Wildman–Crippen LogP) is 4.19. The standard InChI is InChI=1S/C25H25N3O/c1-28(2)23-18-10-9-12-20(23)17-11-19-26-25(29)27-24(21-13-5-3-6-14-21)22-15-7-4-8-16-22/h3-10,12-16,18,24H,19H2,1-2H3,(H2,26,27,29). The van der Waals surface area contributed by atoms with E-state index in [4.69, 9.17) is 0 Å². The van der Waals surface area contributed by atoms with E-state index in [1.54, 1.807) is 0 Å². The van der Waals surface area contributed by atoms with Crippen LogP contribution < -0.4 is 15.5 Å². The Morgan fingerprint density at radius 2 is 1.41 bits per heavy atom. The molecule has 2 N–H and O–H groups in total. The van der Waals surface area contributed by atoms with Crippen molar-refractivity contribution in [3.8, 4) is 11.8 Å². The molecule has 0 saturated carbocycles. The lowest BCUT2D eigenvalue weighted by Crippen LogP contribution is -2.38. The summed E-state index contributed by atoms with van der Waals surface area (Å²) >= 11 is 0. The molecule has 0 saturated heterocycles. The van der Waals surface area contributed by atoms with Crippen LogP contribution >= 0.6 is 0 Å². The van der Waals surface area contributed by atoms with Gasteiger partial charge in [-0.2, -0.15) is 0 Å². The number of urea groups is 1. The molecule has 29 heavy (non-hydrogen) atoms. The number of hydrogen-bond donors (Lipinski definition) is 2. The number of nitrogens with zero attached hydrogens (tertiary/aromatic N) is 1. The van der Waals surface area contributed by atoms with Gasteiger partial charge in [-0.15, -0.1) is 0 Å². The lowest BCUT2D eigenvalue weighted by atomic mass is 9.99. The smallest absolute Gasteiger partial charge is 0.316 e. The van der Waals surface area contributed by atoms with Gasteiger partial charge in [0, 0.05) is 19.7 Å². The van der Waals surface area contributed by atoms with Crippen LogP contribution in [-0.2, 0) is 0 Å². The molecule has 0 spiro atoms. The SMILES string of the molecule is CN(C)c1ccccc1C#CCNC(=O)NC(c1ccccc1)c1ccccc1. The maximum atomic E-state index is 12.5. The molecule has 4 nitrogen and oxygen atoms in total. The van der Waals surface area contributed by atoms with Crippen LogP contribution in [0.15, 0.2) is 84.9 Å². The number of amides is 2. The van der Waals surface area contributed by atoms with E-state index in [9.17, 15) is 4.79 Å². The third kappa shape index (κ3) is 5.63. The molecule has 2 amide bonds. The van der Waals surface area contributed by atoms with Crippen LogP contribution in [0.2, 0.25) is 0 Å². The largest absolute Gasteiger partial charge is 0.377 e. The Morgan fingerprint density at radius 3 is 2.00 bits per heavy atom. The van der Waals surface area contributed by atoms with Gasteiger partial charge in [0.05, 0.1) is 18.3 Å². The highest BCUT2D eigenvalue weighted by Crippen LogP contribution is 2.21. The summed E-state index contributed by atoms with van der Waals surface area (Å²) in [5.41, 5.74) is 4.04. The second-order valence-electron chi connectivity index (χ2n) is 6.79. The number of anilines is 1. The Morgan fingerprint density at radius 1 is 0.862 bits per heavy atom. The molecule has 3 rings (SSSR count). The molecule has 0 aromatic heterocycles. The number of carbonyl (C=O) groups is 1. The van der Waals surface area contributed by atoms with Crippen LogP contribution in [0.4, 0.5) is 10.5 Å². The van der Waals surface area contributed by atoms with Crippen LogP contribution in [0.1, 0.15) is 22.7 Å². The number of benzene rings is 3. The van der Waals surface area contributed by atoms with Gasteiger partial charge in [-0.1, -0.05) is 84.6 Å². The molecule has 0 aliphatic rings. The first-order chi connectivity index (χ1) is 14.1. The Kier molecular flexibility index (Phi) is 6.91. The topological polar surface area (TPSA) is 44.4 Å². The van der Waals surface area contributed by atoms with E-state index in [2.05, 4.69) is 22.5 Å². The molecule has 4 heteroatoms. The van der Waals surface area contributed by atoms with Crippen molar-refractivity contribution in [2.45, 2.75) is 6.04 Å². The van der Waals surface area contributed by atoms with Crippen molar-refractivity contribution in [2.24, 2.45) is 0 Å². The summed E-state index contributed by atoms with van der Waals surface area (Å²) in [6.07, 6.45) is 0. The summed E-state index contributed by atoms with van der Waals surface area (Å²) in [6, 6.07) is 27.3. The summed E-state index contributed by atoms with van der Waals surface area (Å²) in [7, 11) is 3.97. The minimum absolute atomic E-state index is 0.222. The maximum absolute atomic E-state index is 12.5. The molecule has 0 aliphatic carbocycles. The minimum Gasteiger partial charge on any atom is -0.377 e. The summed E-state index contributed by atoms with van der Waals surface area (Å²) in [6.45, 7) is 0.268. The highest BCUT2D eigenvalue weighted by Gasteiger charge is 2.15. The highest BCUT2D eigenvalue weighted by molar-refractivity contribution is 5.75. The van der Waals surface area contributed by atoms with Crippen LogP contribution in [0.5, 0.6) is 0 Å². The van der Waals surface area contributed by atoms with E-state index < -0.39 is 0 Å². The van der Waals surface area contributed by atoms with E-state index >= 15 is 0 Å². The Labute approximate surface area is 172 Å². The molecule has 0 heterocycles. The van der Waals surface area contributed by atoms with Gasteiger partial charge in [0.25, 0.3) is 0 Å². The second kappa shape index (κ2) is 10.0. The first-order valence-corrected chi connectivity index (χ1v) is 9.54. The molecule has 0 atom stereocenters. The zero-order valence-electron chi connectivity index (χ0n) is 16.7. The summed E-state index contributed by atoms with van der Waals surface area (Å²) in [5, 5.41) is 5.89. The molecule has 0 bridgehead atoms. The molecule has 3 aromatic rings. The van der Waals surface area contributed by atoms with Crippen molar-refractivity contribution in [1.82, 2.24) is 10.6 Å². The quantitative estimate of drug-likeness (QED) is 0.649. The normalized spacial score (nSPS) is 10.0. The molecule has 0 fully saturated rings. The van der Waals surface area contributed by atoms with Crippen LogP contribution in [-0.4, -0.2) is 26.7 Å². The lowest BCUT2D eigenvalue weighted by molar-refractivity contribution is 0.240. The molecular weight excluding hydrogens is 358 g/mol. The van der Waals surface area contributed by atoms with Gasteiger partial charge in [-0.05, 0) is 23.3 Å². The van der Waals surface area contributed by atoms with E-state index in [1.807, 2.05) is 104 Å². The van der Waals surface area contributed by atoms with Crippen molar-refractivity contribution in [3.05, 3.63) is 102 Å². The first kappa shape index (κ1) is 20.0. The summed E-state index contributed by atoms with van der Waals surface area (Å²) in [5.74, 6) is 6.16. The minimum atomic E-state index is -0.252. The van der Waals surface area contributed by atoms with Crippen molar-refractivity contribution in [1.29, 1.82) is 0 Å². The van der Waals surface area contributed by atoms with Crippen molar-refractivity contribution >= 4 is 11.7 Å². The van der Waals surface area contributed by atoms with Crippen molar-refractivity contribution < 1.29 is 4.79 Å². The highest BCUT2D eigenvalue weighted by atomic mass is 16.2. The second-order valence-corrected chi connectivity index (χ2v) is 6.79. The lowest BCUT2D eigenvalue weighted by Gasteiger charge is -2.19. The molecule has 3 aromatic carbocycles. The summed E-state index contributed by atoms with van der Waals surface area (Å²) < 4.78 is 0. The average Bonchev–Trinajstić information content (AvgIpc) is 2.76. The number of nitrogens with one attached hydrogen (secondary N) is 2. The fraction of sp³-hybridized carbons (Fsp3) is 0.160. The van der Waals surface area contributed by atoms with Gasteiger partial charge < -0.3 is 15.5 Å². The van der Waals surface area contributed by atoms with Crippen LogP contribution in [0.3, 0.4) is 0 Å². The summed E-state index contributed by atoms with van der Waals surface area (Å²) in [4.78, 5) is 14.5. The van der Waals surface area contributed by atoms with E-state index in [0.717, 1.165) is 22.4 Å². The third-order valence-electron chi connectivity index (χ3n) is 4.49. The number of carbonyl (C=O) groups excluding carboxylic acids is 1.